The monoisotopic (exact) mass is 409 g/mol. The Bertz CT molecular complexity index is 1010. The van der Waals surface area contributed by atoms with Gasteiger partial charge >= 0.3 is 0 Å². The van der Waals surface area contributed by atoms with Gasteiger partial charge in [-0.1, -0.05) is 41.7 Å². The van der Waals surface area contributed by atoms with E-state index in [-0.39, 0.29) is 11.8 Å². The number of carbonyl (C=O) groups is 1. The summed E-state index contributed by atoms with van der Waals surface area (Å²) in [6.45, 7) is 1.18. The highest BCUT2D eigenvalue weighted by Crippen LogP contribution is 2.44. The third-order valence-electron chi connectivity index (χ3n) is 5.99. The lowest BCUT2D eigenvalue weighted by atomic mass is 9.76. The molecule has 1 aliphatic heterocycles. The first-order valence-corrected chi connectivity index (χ1v) is 10.2. The number of aromatic nitrogens is 4. The highest BCUT2D eigenvalue weighted by molar-refractivity contribution is 6.30. The van der Waals surface area contributed by atoms with Gasteiger partial charge in [-0.3, -0.25) is 4.79 Å². The maximum Gasteiger partial charge on any atom is 0.240 e. The fourth-order valence-electron chi connectivity index (χ4n) is 4.38. The highest BCUT2D eigenvalue weighted by atomic mass is 35.5. The van der Waals surface area contributed by atoms with E-state index in [1.54, 1.807) is 18.5 Å². The number of benzene rings is 1. The molecule has 29 heavy (non-hydrogen) atoms. The molecule has 1 saturated carbocycles. The Balaban J connectivity index is 1.30. The predicted molar refractivity (Wildman–Crippen MR) is 106 cm³/mol. The van der Waals surface area contributed by atoms with Crippen molar-refractivity contribution in [2.24, 2.45) is 0 Å². The fraction of sp³-hybridized carbons (Fsp3) is 0.381. The Kier molecular flexibility index (Phi) is 4.54. The van der Waals surface area contributed by atoms with Gasteiger partial charge in [-0.25, -0.2) is 9.97 Å². The molecule has 1 aliphatic carbocycles. The van der Waals surface area contributed by atoms with Gasteiger partial charge in [0.2, 0.25) is 23.4 Å². The molecular weight excluding hydrogens is 390 g/mol. The summed E-state index contributed by atoms with van der Waals surface area (Å²) < 4.78 is 5.41. The zero-order chi connectivity index (χ0) is 19.8. The van der Waals surface area contributed by atoms with Gasteiger partial charge in [0, 0.05) is 30.5 Å². The zero-order valence-electron chi connectivity index (χ0n) is 15.8. The van der Waals surface area contributed by atoms with Crippen LogP contribution >= 0.6 is 11.6 Å². The normalized spacial score (nSPS) is 18.6. The second-order valence-electron chi connectivity index (χ2n) is 7.73. The van der Waals surface area contributed by atoms with Crippen molar-refractivity contribution in [3.8, 4) is 11.6 Å². The second kappa shape index (κ2) is 7.22. The molecule has 0 atom stereocenters. The molecule has 2 fully saturated rings. The van der Waals surface area contributed by atoms with Gasteiger partial charge in [0.05, 0.1) is 11.3 Å². The number of carbonyl (C=O) groups excluding carboxylic acids is 1. The first kappa shape index (κ1) is 18.2. The van der Waals surface area contributed by atoms with Crippen LogP contribution in [0.5, 0.6) is 0 Å². The van der Waals surface area contributed by atoms with E-state index in [4.69, 9.17) is 16.1 Å². The van der Waals surface area contributed by atoms with Gasteiger partial charge < -0.3 is 9.42 Å². The standard InChI is InChI=1S/C21H20ClN5O2/c22-16-6-4-15(5-7-16)21(8-1-2-9-21)20(28)27-12-14(13-27)19-25-18(26-29-19)17-23-10-3-11-24-17/h3-7,10-11,14H,1-2,8-9,12-13H2. The molecule has 0 N–H and O–H groups in total. The smallest absolute Gasteiger partial charge is 0.240 e. The van der Waals surface area contributed by atoms with Crippen LogP contribution < -0.4 is 0 Å². The quantitative estimate of drug-likeness (QED) is 0.654. The first-order chi connectivity index (χ1) is 14.2. The second-order valence-corrected chi connectivity index (χ2v) is 8.17. The van der Waals surface area contributed by atoms with Crippen LogP contribution in [0.25, 0.3) is 11.6 Å². The Morgan fingerprint density at radius 3 is 2.45 bits per heavy atom. The molecule has 3 aromatic rings. The van der Waals surface area contributed by atoms with Crippen LogP contribution in [-0.4, -0.2) is 44.0 Å². The summed E-state index contributed by atoms with van der Waals surface area (Å²) in [6.07, 6.45) is 7.17. The van der Waals surface area contributed by atoms with Crippen LogP contribution in [0.3, 0.4) is 0 Å². The Morgan fingerprint density at radius 1 is 1.07 bits per heavy atom. The number of amides is 1. The molecule has 2 aromatic heterocycles. The molecule has 2 aliphatic rings. The van der Waals surface area contributed by atoms with E-state index in [1.165, 1.54) is 0 Å². The number of hydrogen-bond donors (Lipinski definition) is 0. The molecule has 1 aromatic carbocycles. The third kappa shape index (κ3) is 3.19. The molecular formula is C21H20ClN5O2. The van der Waals surface area contributed by atoms with E-state index in [9.17, 15) is 4.79 Å². The molecule has 0 spiro atoms. The van der Waals surface area contributed by atoms with Gasteiger partial charge in [-0.05, 0) is 36.6 Å². The third-order valence-corrected chi connectivity index (χ3v) is 6.24. The average Bonchev–Trinajstić information content (AvgIpc) is 3.39. The lowest BCUT2D eigenvalue weighted by molar-refractivity contribution is -0.142. The molecule has 1 saturated heterocycles. The van der Waals surface area contributed by atoms with Crippen molar-refractivity contribution in [1.82, 2.24) is 25.0 Å². The van der Waals surface area contributed by atoms with Crippen molar-refractivity contribution in [3.05, 3.63) is 59.2 Å². The molecule has 0 radical (unpaired) electrons. The van der Waals surface area contributed by atoms with E-state index in [2.05, 4.69) is 20.1 Å². The van der Waals surface area contributed by atoms with E-state index in [1.807, 2.05) is 29.2 Å². The molecule has 8 heteroatoms. The number of halogens is 1. The van der Waals surface area contributed by atoms with Crippen molar-refractivity contribution >= 4 is 17.5 Å². The molecule has 0 bridgehead atoms. The minimum absolute atomic E-state index is 0.0487. The van der Waals surface area contributed by atoms with E-state index < -0.39 is 5.41 Å². The molecule has 0 unspecified atom stereocenters. The van der Waals surface area contributed by atoms with Crippen LogP contribution in [0.15, 0.2) is 47.2 Å². The first-order valence-electron chi connectivity index (χ1n) is 9.82. The summed E-state index contributed by atoms with van der Waals surface area (Å²) in [4.78, 5) is 28.1. The average molecular weight is 410 g/mol. The minimum atomic E-state index is -0.437. The number of likely N-dealkylation sites (tertiary alicyclic amines) is 1. The molecule has 1 amide bonds. The van der Waals surface area contributed by atoms with Gasteiger partial charge in [-0.2, -0.15) is 4.98 Å². The highest BCUT2D eigenvalue weighted by Gasteiger charge is 2.48. The van der Waals surface area contributed by atoms with Gasteiger partial charge in [0.1, 0.15) is 0 Å². The zero-order valence-corrected chi connectivity index (χ0v) is 16.5. The SMILES string of the molecule is O=C(N1CC(c2nc(-c3ncccn3)no2)C1)C1(c2ccc(Cl)cc2)CCCC1. The summed E-state index contributed by atoms with van der Waals surface area (Å²) in [6, 6.07) is 9.46. The maximum absolute atomic E-state index is 13.4. The minimum Gasteiger partial charge on any atom is -0.340 e. The molecule has 3 heterocycles. The lowest BCUT2D eigenvalue weighted by Gasteiger charge is -2.43. The van der Waals surface area contributed by atoms with Crippen LogP contribution in [0, 0.1) is 0 Å². The summed E-state index contributed by atoms with van der Waals surface area (Å²) in [5, 5.41) is 4.67. The fourth-order valence-corrected chi connectivity index (χ4v) is 4.51. The van der Waals surface area contributed by atoms with Crippen molar-refractivity contribution in [2.45, 2.75) is 37.0 Å². The Morgan fingerprint density at radius 2 is 1.76 bits per heavy atom. The topological polar surface area (TPSA) is 85.0 Å². The van der Waals surface area contributed by atoms with Crippen LogP contribution in [0.1, 0.15) is 43.1 Å². The van der Waals surface area contributed by atoms with Crippen LogP contribution in [-0.2, 0) is 10.2 Å². The predicted octanol–water partition coefficient (Wildman–Crippen LogP) is 3.62. The van der Waals surface area contributed by atoms with Crippen molar-refractivity contribution in [3.63, 3.8) is 0 Å². The lowest BCUT2D eigenvalue weighted by Crippen LogP contribution is -2.55. The summed E-state index contributed by atoms with van der Waals surface area (Å²) in [7, 11) is 0. The van der Waals surface area contributed by atoms with Gasteiger partial charge in [0.15, 0.2) is 0 Å². The van der Waals surface area contributed by atoms with E-state index in [0.717, 1.165) is 31.2 Å². The summed E-state index contributed by atoms with van der Waals surface area (Å²) in [5.41, 5.74) is 0.627. The maximum atomic E-state index is 13.4. The van der Waals surface area contributed by atoms with Crippen LogP contribution in [0.4, 0.5) is 0 Å². The Hall–Kier alpha value is -2.80. The van der Waals surface area contributed by atoms with Gasteiger partial charge in [-0.15, -0.1) is 0 Å². The van der Waals surface area contributed by atoms with Crippen molar-refractivity contribution in [2.75, 3.05) is 13.1 Å². The molecule has 7 nitrogen and oxygen atoms in total. The summed E-state index contributed by atoms with van der Waals surface area (Å²) >= 11 is 6.05. The van der Waals surface area contributed by atoms with E-state index >= 15 is 0 Å². The van der Waals surface area contributed by atoms with Crippen molar-refractivity contribution in [1.29, 1.82) is 0 Å². The molecule has 5 rings (SSSR count). The summed E-state index contributed by atoms with van der Waals surface area (Å²) in [5.74, 6) is 1.58. The molecule has 148 valence electrons. The largest absolute Gasteiger partial charge is 0.340 e. The number of rotatable bonds is 4. The Labute approximate surface area is 173 Å². The number of nitrogens with zero attached hydrogens (tertiary/aromatic N) is 5. The van der Waals surface area contributed by atoms with E-state index in [0.29, 0.717) is 35.7 Å². The van der Waals surface area contributed by atoms with Crippen molar-refractivity contribution < 1.29 is 9.32 Å². The van der Waals surface area contributed by atoms with Gasteiger partial charge in [0.25, 0.3) is 0 Å². The number of hydrogen-bond acceptors (Lipinski definition) is 6. The van der Waals surface area contributed by atoms with Crippen LogP contribution in [0.2, 0.25) is 5.02 Å².